The zero-order valence-electron chi connectivity index (χ0n) is 15.9. The van der Waals surface area contributed by atoms with E-state index < -0.39 is 5.82 Å². The standard InChI is InChI=1S/C21H24FN3O2/c1-12(23)16(11-24-10-15-4-5-15)8-20-21(27-14(3)25-20)18-7-6-17(22)9-19(18)13(2)26/h6-7,9,11,15H,4-5,8,10,23H2,1-3H3. The predicted octanol–water partition coefficient (Wildman–Crippen LogP) is 4.25. The molecule has 27 heavy (non-hydrogen) atoms. The van der Waals surface area contributed by atoms with Crippen LogP contribution in [0.3, 0.4) is 0 Å². The smallest absolute Gasteiger partial charge is 0.192 e. The quantitative estimate of drug-likeness (QED) is 0.584. The minimum absolute atomic E-state index is 0.235. The van der Waals surface area contributed by atoms with Crippen molar-refractivity contribution in [3.8, 4) is 11.3 Å². The van der Waals surface area contributed by atoms with Crippen LogP contribution in [-0.2, 0) is 6.42 Å². The number of nitrogens with two attached hydrogens (primary N) is 1. The van der Waals surface area contributed by atoms with Gasteiger partial charge in [-0.1, -0.05) is 0 Å². The van der Waals surface area contributed by atoms with Crippen molar-refractivity contribution in [2.24, 2.45) is 16.6 Å². The number of hydrogen-bond acceptors (Lipinski definition) is 5. The third-order valence-electron chi connectivity index (χ3n) is 4.58. The van der Waals surface area contributed by atoms with E-state index in [9.17, 15) is 9.18 Å². The Kier molecular flexibility index (Phi) is 5.54. The Morgan fingerprint density at radius 3 is 2.78 bits per heavy atom. The number of nitrogens with zero attached hydrogens (tertiary/aromatic N) is 2. The topological polar surface area (TPSA) is 81.5 Å². The molecule has 0 radical (unpaired) electrons. The molecule has 1 aliphatic rings. The van der Waals surface area contributed by atoms with Gasteiger partial charge in [-0.15, -0.1) is 0 Å². The third kappa shape index (κ3) is 4.70. The molecule has 0 atom stereocenters. The molecule has 0 aliphatic heterocycles. The fourth-order valence-electron chi connectivity index (χ4n) is 2.89. The number of aliphatic imine (C=N–C) groups is 1. The highest BCUT2D eigenvalue weighted by atomic mass is 19.1. The predicted molar refractivity (Wildman–Crippen MR) is 103 cm³/mol. The molecule has 2 N–H and O–H groups in total. The summed E-state index contributed by atoms with van der Waals surface area (Å²) in [4.78, 5) is 20.9. The largest absolute Gasteiger partial charge is 0.441 e. The molecule has 0 unspecified atom stereocenters. The van der Waals surface area contributed by atoms with E-state index >= 15 is 0 Å². The van der Waals surface area contributed by atoms with Gasteiger partial charge in [-0.25, -0.2) is 9.37 Å². The number of aromatic nitrogens is 1. The molecule has 0 spiro atoms. The highest BCUT2D eigenvalue weighted by Crippen LogP contribution is 2.31. The average molecular weight is 369 g/mol. The second-order valence-corrected chi connectivity index (χ2v) is 7.08. The first-order chi connectivity index (χ1) is 12.8. The highest BCUT2D eigenvalue weighted by molar-refractivity contribution is 6.00. The van der Waals surface area contributed by atoms with Crippen LogP contribution in [0.1, 0.15) is 48.6 Å². The number of ketones is 1. The number of carbonyl (C=O) groups is 1. The number of carbonyl (C=O) groups excluding carboxylic acids is 1. The molecule has 0 amide bonds. The van der Waals surface area contributed by atoms with E-state index in [0.29, 0.717) is 40.9 Å². The normalized spacial score (nSPS) is 15.3. The van der Waals surface area contributed by atoms with Crippen molar-refractivity contribution in [1.82, 2.24) is 4.98 Å². The van der Waals surface area contributed by atoms with Gasteiger partial charge in [-0.05, 0) is 56.4 Å². The molecular formula is C21H24FN3O2. The van der Waals surface area contributed by atoms with E-state index in [4.69, 9.17) is 10.2 Å². The Balaban J connectivity index is 1.95. The molecule has 2 aromatic rings. The summed E-state index contributed by atoms with van der Waals surface area (Å²) < 4.78 is 19.4. The minimum atomic E-state index is -0.465. The van der Waals surface area contributed by atoms with Gasteiger partial charge in [-0.2, -0.15) is 0 Å². The Morgan fingerprint density at radius 2 is 2.15 bits per heavy atom. The van der Waals surface area contributed by atoms with Crippen LogP contribution in [0.25, 0.3) is 11.3 Å². The first kappa shape index (κ1) is 19.0. The van der Waals surface area contributed by atoms with Gasteiger partial charge in [0.05, 0.1) is 5.69 Å². The van der Waals surface area contributed by atoms with Gasteiger partial charge in [0.1, 0.15) is 5.82 Å². The number of Topliss-reactive ketones (excluding diaryl/α,β-unsaturated/α-hetero) is 1. The molecule has 0 saturated heterocycles. The molecular weight excluding hydrogens is 345 g/mol. The Labute approximate surface area is 158 Å². The van der Waals surface area contributed by atoms with E-state index in [1.54, 1.807) is 19.2 Å². The number of rotatable bonds is 7. The minimum Gasteiger partial charge on any atom is -0.441 e. The van der Waals surface area contributed by atoms with E-state index in [1.165, 1.54) is 31.9 Å². The lowest BCUT2D eigenvalue weighted by molar-refractivity contribution is 0.101. The lowest BCUT2D eigenvalue weighted by atomic mass is 9.98. The molecule has 0 bridgehead atoms. The Bertz CT molecular complexity index is 920. The van der Waals surface area contributed by atoms with E-state index in [2.05, 4.69) is 9.98 Å². The van der Waals surface area contributed by atoms with Gasteiger partial charge < -0.3 is 10.2 Å². The first-order valence-electron chi connectivity index (χ1n) is 9.07. The number of benzene rings is 1. The van der Waals surface area contributed by atoms with Crippen molar-refractivity contribution in [2.75, 3.05) is 6.54 Å². The van der Waals surface area contributed by atoms with E-state index in [-0.39, 0.29) is 11.3 Å². The summed E-state index contributed by atoms with van der Waals surface area (Å²) in [5, 5.41) is 0. The molecule has 5 nitrogen and oxygen atoms in total. The number of halogens is 1. The fraction of sp³-hybridized carbons (Fsp3) is 0.381. The maximum atomic E-state index is 13.6. The van der Waals surface area contributed by atoms with Crippen LogP contribution in [-0.4, -0.2) is 23.5 Å². The molecule has 1 aromatic carbocycles. The van der Waals surface area contributed by atoms with Crippen LogP contribution >= 0.6 is 0 Å². The van der Waals surface area contributed by atoms with Crippen molar-refractivity contribution < 1.29 is 13.6 Å². The second kappa shape index (κ2) is 7.86. The zero-order chi connectivity index (χ0) is 19.6. The second-order valence-electron chi connectivity index (χ2n) is 7.08. The fourth-order valence-corrected chi connectivity index (χ4v) is 2.89. The highest BCUT2D eigenvalue weighted by Gasteiger charge is 2.21. The number of hydrogen-bond donors (Lipinski definition) is 1. The van der Waals surface area contributed by atoms with E-state index in [0.717, 1.165) is 12.1 Å². The molecule has 1 saturated carbocycles. The van der Waals surface area contributed by atoms with Gasteiger partial charge in [0.25, 0.3) is 0 Å². The lowest BCUT2D eigenvalue weighted by Crippen LogP contribution is -2.05. The maximum Gasteiger partial charge on any atom is 0.192 e. The van der Waals surface area contributed by atoms with Crippen molar-refractivity contribution >= 4 is 12.0 Å². The summed E-state index contributed by atoms with van der Waals surface area (Å²) in [6.07, 6.45) is 4.71. The van der Waals surface area contributed by atoms with Crippen molar-refractivity contribution in [3.05, 3.63) is 52.4 Å². The van der Waals surface area contributed by atoms with Crippen LogP contribution in [0.2, 0.25) is 0 Å². The Morgan fingerprint density at radius 1 is 1.41 bits per heavy atom. The van der Waals surface area contributed by atoms with Gasteiger partial charge in [0.2, 0.25) is 0 Å². The number of oxazole rings is 1. The molecule has 1 heterocycles. The zero-order valence-corrected chi connectivity index (χ0v) is 15.9. The molecule has 1 fully saturated rings. The SMILES string of the molecule is CC(=O)c1cc(F)ccc1-c1oc(C)nc1CC(C=NCC1CC1)=C(C)N. The molecule has 1 aromatic heterocycles. The van der Waals surface area contributed by atoms with Crippen LogP contribution in [0.5, 0.6) is 0 Å². The van der Waals surface area contributed by atoms with Crippen LogP contribution < -0.4 is 5.73 Å². The molecule has 3 rings (SSSR count). The lowest BCUT2D eigenvalue weighted by Gasteiger charge is -2.08. The number of aryl methyl sites for hydroxylation is 1. The first-order valence-corrected chi connectivity index (χ1v) is 9.07. The van der Waals surface area contributed by atoms with Crippen LogP contribution in [0.4, 0.5) is 4.39 Å². The third-order valence-corrected chi connectivity index (χ3v) is 4.58. The van der Waals surface area contributed by atoms with Gasteiger partial charge >= 0.3 is 0 Å². The molecule has 1 aliphatic carbocycles. The van der Waals surface area contributed by atoms with Crippen LogP contribution in [0, 0.1) is 18.7 Å². The van der Waals surface area contributed by atoms with Crippen LogP contribution in [0.15, 0.2) is 38.9 Å². The summed E-state index contributed by atoms with van der Waals surface area (Å²) in [7, 11) is 0. The molecule has 6 heteroatoms. The number of allylic oxidation sites excluding steroid dienone is 2. The molecule has 142 valence electrons. The van der Waals surface area contributed by atoms with Gasteiger partial charge in [-0.3, -0.25) is 9.79 Å². The maximum absolute atomic E-state index is 13.6. The van der Waals surface area contributed by atoms with Crippen molar-refractivity contribution in [1.29, 1.82) is 0 Å². The monoisotopic (exact) mass is 369 g/mol. The summed E-state index contributed by atoms with van der Waals surface area (Å²) in [5.41, 5.74) is 9.01. The van der Waals surface area contributed by atoms with Gasteiger partial charge in [0, 0.05) is 42.9 Å². The van der Waals surface area contributed by atoms with E-state index in [1.807, 2.05) is 6.92 Å². The van der Waals surface area contributed by atoms with Gasteiger partial charge in [0.15, 0.2) is 17.4 Å². The summed E-state index contributed by atoms with van der Waals surface area (Å²) in [6, 6.07) is 4.09. The summed E-state index contributed by atoms with van der Waals surface area (Å²) >= 11 is 0. The summed E-state index contributed by atoms with van der Waals surface area (Å²) in [6.45, 7) is 5.78. The summed E-state index contributed by atoms with van der Waals surface area (Å²) in [5.74, 6) is 0.936. The van der Waals surface area contributed by atoms with Crippen molar-refractivity contribution in [3.63, 3.8) is 0 Å². The average Bonchev–Trinajstić information content (AvgIpc) is 3.35. The Hall–Kier alpha value is -2.76. The van der Waals surface area contributed by atoms with Crippen molar-refractivity contribution in [2.45, 2.75) is 40.0 Å².